The molecule has 0 spiro atoms. The van der Waals surface area contributed by atoms with Crippen molar-refractivity contribution < 1.29 is 36.0 Å². The van der Waals surface area contributed by atoms with Gasteiger partial charge in [0.2, 0.25) is 5.82 Å². The molecule has 1 aromatic rings. The fourth-order valence-corrected chi connectivity index (χ4v) is 1.01. The van der Waals surface area contributed by atoms with Crippen LogP contribution in [0.25, 0.3) is 0 Å². The number of hydrogen-bond donors (Lipinski definition) is 0. The zero-order chi connectivity index (χ0) is 14.1. The summed E-state index contributed by atoms with van der Waals surface area (Å²) in [4.78, 5) is 11.5. The molecule has 1 heterocycles. The first kappa shape index (κ1) is 14.0. The molecule has 0 fully saturated rings. The van der Waals surface area contributed by atoms with E-state index in [1.807, 2.05) is 0 Å². The van der Waals surface area contributed by atoms with Gasteiger partial charge in [0, 0.05) is 0 Å². The summed E-state index contributed by atoms with van der Waals surface area (Å²) < 4.78 is 76.2. The summed E-state index contributed by atoms with van der Waals surface area (Å²) in [6, 6.07) is 0. The second-order valence-electron chi connectivity index (χ2n) is 2.78. The first-order valence-electron chi connectivity index (χ1n) is 4.00. The van der Waals surface area contributed by atoms with E-state index in [0.717, 1.165) is 0 Å². The van der Waals surface area contributed by atoms with E-state index in [1.165, 1.54) is 0 Å². The molecule has 0 unspecified atom stereocenters. The van der Waals surface area contributed by atoms with Gasteiger partial charge in [-0.3, -0.25) is 10.1 Å². The van der Waals surface area contributed by atoms with Crippen LogP contribution < -0.4 is 4.74 Å². The summed E-state index contributed by atoms with van der Waals surface area (Å²) in [5.74, 6) is -4.03. The van der Waals surface area contributed by atoms with Gasteiger partial charge in [-0.05, 0) is 0 Å². The zero-order valence-electron chi connectivity index (χ0n) is 8.04. The molecule has 0 bridgehead atoms. The third kappa shape index (κ3) is 2.99. The Balaban J connectivity index is 3.35. The SMILES string of the molecule is O=[N+]([O-])c1cnc(OC(F)(F)F)c(F)c1C(F)F. The monoisotopic (exact) mass is 276 g/mol. The van der Waals surface area contributed by atoms with Gasteiger partial charge >= 0.3 is 6.36 Å². The number of ether oxygens (including phenoxy) is 1. The number of pyridine rings is 1. The number of alkyl halides is 5. The molecule has 0 N–H and O–H groups in total. The highest BCUT2D eigenvalue weighted by atomic mass is 19.4. The fourth-order valence-electron chi connectivity index (χ4n) is 1.01. The zero-order valence-corrected chi connectivity index (χ0v) is 8.04. The minimum Gasteiger partial charge on any atom is -0.385 e. The average Bonchev–Trinajstić information content (AvgIpc) is 2.17. The standard InChI is InChI=1S/C7H2F6N2O3/c8-4-3(5(9)10)2(15(16)17)1-14-6(4)18-7(11,12)13/h1,5H. The smallest absolute Gasteiger partial charge is 0.385 e. The van der Waals surface area contributed by atoms with E-state index in [0.29, 0.717) is 0 Å². The maximum Gasteiger partial charge on any atom is 0.574 e. The molecule has 0 saturated carbocycles. The minimum absolute atomic E-state index is 0.0612. The van der Waals surface area contributed by atoms with Crippen LogP contribution in [-0.2, 0) is 0 Å². The topological polar surface area (TPSA) is 65.3 Å². The van der Waals surface area contributed by atoms with Crippen LogP contribution in [0.3, 0.4) is 0 Å². The van der Waals surface area contributed by atoms with Gasteiger partial charge in [0.15, 0.2) is 0 Å². The fraction of sp³-hybridized carbons (Fsp3) is 0.286. The van der Waals surface area contributed by atoms with Crippen molar-refractivity contribution in [3.05, 3.63) is 27.7 Å². The van der Waals surface area contributed by atoms with Crippen molar-refractivity contribution >= 4 is 5.69 Å². The number of aromatic nitrogens is 1. The van der Waals surface area contributed by atoms with Crippen LogP contribution in [0.1, 0.15) is 12.0 Å². The van der Waals surface area contributed by atoms with Crippen molar-refractivity contribution in [1.29, 1.82) is 0 Å². The van der Waals surface area contributed by atoms with Gasteiger partial charge in [-0.1, -0.05) is 0 Å². The maximum atomic E-state index is 13.2. The molecule has 18 heavy (non-hydrogen) atoms. The largest absolute Gasteiger partial charge is 0.574 e. The van der Waals surface area contributed by atoms with E-state index in [-0.39, 0.29) is 6.20 Å². The Bertz CT molecular complexity index is 475. The van der Waals surface area contributed by atoms with E-state index < -0.39 is 40.7 Å². The first-order chi connectivity index (χ1) is 8.13. The lowest BCUT2D eigenvalue weighted by atomic mass is 10.2. The molecule has 0 aromatic carbocycles. The van der Waals surface area contributed by atoms with Crippen LogP contribution in [0.5, 0.6) is 5.88 Å². The molecule has 1 rings (SSSR count). The van der Waals surface area contributed by atoms with Crippen molar-refractivity contribution in [2.45, 2.75) is 12.8 Å². The van der Waals surface area contributed by atoms with E-state index in [9.17, 15) is 36.5 Å². The lowest BCUT2D eigenvalue weighted by Crippen LogP contribution is -2.19. The Hall–Kier alpha value is -2.07. The van der Waals surface area contributed by atoms with Crippen LogP contribution in [0.15, 0.2) is 6.20 Å². The number of rotatable bonds is 3. The Morgan fingerprint density at radius 2 is 1.94 bits per heavy atom. The van der Waals surface area contributed by atoms with Gasteiger partial charge in [-0.2, -0.15) is 0 Å². The molecule has 0 amide bonds. The van der Waals surface area contributed by atoms with Crippen LogP contribution in [0.2, 0.25) is 0 Å². The number of nitro groups is 1. The van der Waals surface area contributed by atoms with E-state index in [4.69, 9.17) is 0 Å². The Labute approximate surface area is 94.1 Å². The van der Waals surface area contributed by atoms with Gasteiger partial charge in [-0.25, -0.2) is 18.2 Å². The van der Waals surface area contributed by atoms with Crippen LogP contribution in [0, 0.1) is 15.9 Å². The third-order valence-electron chi connectivity index (χ3n) is 1.63. The highest BCUT2D eigenvalue weighted by molar-refractivity contribution is 5.42. The average molecular weight is 276 g/mol. The maximum absolute atomic E-state index is 13.2. The molecular weight excluding hydrogens is 274 g/mol. The molecule has 0 atom stereocenters. The van der Waals surface area contributed by atoms with E-state index in [1.54, 1.807) is 0 Å². The molecule has 0 aliphatic rings. The van der Waals surface area contributed by atoms with E-state index in [2.05, 4.69) is 9.72 Å². The molecule has 100 valence electrons. The van der Waals surface area contributed by atoms with E-state index >= 15 is 0 Å². The Morgan fingerprint density at radius 3 is 2.33 bits per heavy atom. The first-order valence-corrected chi connectivity index (χ1v) is 4.00. The lowest BCUT2D eigenvalue weighted by Gasteiger charge is -2.10. The summed E-state index contributed by atoms with van der Waals surface area (Å²) in [5, 5.41) is 10.3. The second-order valence-corrected chi connectivity index (χ2v) is 2.78. The predicted molar refractivity (Wildman–Crippen MR) is 42.5 cm³/mol. The molecule has 11 heteroatoms. The van der Waals surface area contributed by atoms with Crippen molar-refractivity contribution in [3.63, 3.8) is 0 Å². The van der Waals surface area contributed by atoms with Crippen LogP contribution >= 0.6 is 0 Å². The summed E-state index contributed by atoms with van der Waals surface area (Å²) in [6.45, 7) is 0. The number of halogens is 6. The summed E-state index contributed by atoms with van der Waals surface area (Å²) in [5.41, 5.74) is -3.24. The van der Waals surface area contributed by atoms with Crippen LogP contribution in [0.4, 0.5) is 32.0 Å². The molecule has 0 aliphatic carbocycles. The Morgan fingerprint density at radius 1 is 1.39 bits per heavy atom. The quantitative estimate of drug-likeness (QED) is 0.483. The van der Waals surface area contributed by atoms with Gasteiger partial charge in [0.05, 0.1) is 4.92 Å². The highest BCUT2D eigenvalue weighted by Gasteiger charge is 2.37. The molecule has 5 nitrogen and oxygen atoms in total. The van der Waals surface area contributed by atoms with Crippen LogP contribution in [-0.4, -0.2) is 16.3 Å². The number of nitrogens with zero attached hydrogens (tertiary/aromatic N) is 2. The van der Waals surface area contributed by atoms with Gasteiger partial charge < -0.3 is 4.74 Å². The lowest BCUT2D eigenvalue weighted by molar-refractivity contribution is -0.386. The Kier molecular flexibility index (Phi) is 3.62. The van der Waals surface area contributed by atoms with Gasteiger partial charge in [0.25, 0.3) is 18.0 Å². The van der Waals surface area contributed by atoms with Gasteiger partial charge in [-0.15, -0.1) is 13.2 Å². The predicted octanol–water partition coefficient (Wildman–Crippen LogP) is 2.97. The third-order valence-corrected chi connectivity index (χ3v) is 1.63. The van der Waals surface area contributed by atoms with Gasteiger partial charge in [0.1, 0.15) is 11.8 Å². The number of hydrogen-bond acceptors (Lipinski definition) is 4. The molecule has 0 saturated heterocycles. The minimum atomic E-state index is -5.36. The summed E-state index contributed by atoms with van der Waals surface area (Å²) >= 11 is 0. The summed E-state index contributed by atoms with van der Waals surface area (Å²) in [7, 11) is 0. The second kappa shape index (κ2) is 4.66. The normalized spacial score (nSPS) is 11.7. The molecule has 1 aromatic heterocycles. The highest BCUT2D eigenvalue weighted by Crippen LogP contribution is 2.35. The molecular formula is C7H2F6N2O3. The van der Waals surface area contributed by atoms with Crippen molar-refractivity contribution in [1.82, 2.24) is 4.98 Å². The molecule has 0 aliphatic heterocycles. The molecule has 0 radical (unpaired) electrons. The van der Waals surface area contributed by atoms with Crippen molar-refractivity contribution in [2.24, 2.45) is 0 Å². The summed E-state index contributed by atoms with van der Waals surface area (Å²) in [6.07, 6.45) is -8.99. The van der Waals surface area contributed by atoms with Crippen molar-refractivity contribution in [3.8, 4) is 5.88 Å². The van der Waals surface area contributed by atoms with Crippen molar-refractivity contribution in [2.75, 3.05) is 0 Å².